The van der Waals surface area contributed by atoms with E-state index in [1.807, 2.05) is 13.6 Å². The summed E-state index contributed by atoms with van der Waals surface area (Å²) in [5.41, 5.74) is 11.0. The molecular formula is C25H54BN7O6+. The van der Waals surface area contributed by atoms with E-state index in [-0.39, 0.29) is 30.2 Å². The van der Waals surface area contributed by atoms with Crippen molar-refractivity contribution in [2.24, 2.45) is 17.4 Å². The zero-order chi connectivity index (χ0) is 30.7. The molecular weight excluding hydrogens is 505 g/mol. The third-order valence-electron chi connectivity index (χ3n) is 5.28. The van der Waals surface area contributed by atoms with Gasteiger partial charge in [0.1, 0.15) is 13.6 Å². The highest BCUT2D eigenvalue weighted by Crippen LogP contribution is 2.07. The number of hydrogen-bond acceptors (Lipinski definition) is 10. The van der Waals surface area contributed by atoms with Gasteiger partial charge in [0.15, 0.2) is 0 Å². The highest BCUT2D eigenvalue weighted by atomic mass is 16.2. The molecule has 1 radical (unpaired) electrons. The molecule has 0 bridgehead atoms. The van der Waals surface area contributed by atoms with E-state index in [0.717, 1.165) is 71.4 Å². The molecule has 1 saturated heterocycles. The molecule has 227 valence electrons. The number of carbonyl (C=O) groups is 5. The number of nitrogens with one attached hydrogen (secondary N) is 4. The lowest BCUT2D eigenvalue weighted by Crippen LogP contribution is -2.38. The standard InChI is InChI=1S/C21H43N7O3.C2H5.2CH2O.BH2O/c22-7-10-24-15-18(16-25-11-8-23)14-20(30)26-9-3-1-2-6-19(29)27-17-21(31)28-12-4-5-13-28;4*1-2/h18,24-25H,1-17,22-23H2,(H,26,30)(H,27,29);1H2,2H3;2*1H2;1-2H/q;+1;;;. The maximum atomic E-state index is 12.2. The fraction of sp³-hybridized carbons (Fsp3) is 0.760. The Bertz CT molecular complexity index is 547. The van der Waals surface area contributed by atoms with Gasteiger partial charge in [0.25, 0.3) is 8.05 Å². The number of nitrogens with zero attached hydrogens (tertiary/aromatic N) is 1. The first-order chi connectivity index (χ1) is 19.1. The van der Waals surface area contributed by atoms with Crippen LogP contribution in [0, 0.1) is 12.8 Å². The first-order valence-corrected chi connectivity index (χ1v) is 13.3. The number of nitrogens with two attached hydrogens (primary N) is 2. The van der Waals surface area contributed by atoms with Gasteiger partial charge in [-0.25, -0.2) is 0 Å². The Hall–Kier alpha value is -2.52. The predicted molar refractivity (Wildman–Crippen MR) is 157 cm³/mol. The van der Waals surface area contributed by atoms with Crippen molar-refractivity contribution in [1.29, 1.82) is 0 Å². The summed E-state index contributed by atoms with van der Waals surface area (Å²) < 4.78 is 0. The number of unbranched alkanes of at least 4 members (excludes halogenated alkanes) is 2. The van der Waals surface area contributed by atoms with E-state index in [1.54, 1.807) is 11.8 Å². The summed E-state index contributed by atoms with van der Waals surface area (Å²) in [4.78, 5) is 53.8. The summed E-state index contributed by atoms with van der Waals surface area (Å²) in [6.45, 7) is 15.4. The summed E-state index contributed by atoms with van der Waals surface area (Å²) in [5.74, 6) is 0.134. The van der Waals surface area contributed by atoms with E-state index >= 15 is 0 Å². The summed E-state index contributed by atoms with van der Waals surface area (Å²) in [6, 6.07) is 0. The van der Waals surface area contributed by atoms with Gasteiger partial charge >= 0.3 is 0 Å². The van der Waals surface area contributed by atoms with Gasteiger partial charge in [-0.2, -0.15) is 0 Å². The Morgan fingerprint density at radius 1 is 0.846 bits per heavy atom. The second kappa shape index (κ2) is 37.6. The van der Waals surface area contributed by atoms with Crippen LogP contribution in [0.4, 0.5) is 0 Å². The van der Waals surface area contributed by atoms with Crippen LogP contribution in [0.25, 0.3) is 0 Å². The second-order valence-electron chi connectivity index (χ2n) is 8.08. The average Bonchev–Trinajstić information content (AvgIpc) is 3.53. The third kappa shape index (κ3) is 29.9. The smallest absolute Gasteiger partial charge is 0.266 e. The fourth-order valence-electron chi connectivity index (χ4n) is 3.52. The molecule has 39 heavy (non-hydrogen) atoms. The summed E-state index contributed by atoms with van der Waals surface area (Å²) >= 11 is 0. The first-order valence-electron chi connectivity index (χ1n) is 13.3. The Balaban J connectivity index is -0.000000697. The zero-order valence-electron chi connectivity index (χ0n) is 24.0. The normalized spacial score (nSPS) is 11.3. The SMILES string of the molecule is C=O.C=O.NCCNCC(CNCCN)CC(=O)NCCCCCC(=O)NCC(=O)N1CCCC1.[BH]O.[CH2+]C. The van der Waals surface area contributed by atoms with Crippen molar-refractivity contribution in [3.05, 3.63) is 6.92 Å². The Morgan fingerprint density at radius 3 is 1.85 bits per heavy atom. The van der Waals surface area contributed by atoms with Gasteiger partial charge < -0.3 is 52.2 Å². The molecule has 0 aromatic carbocycles. The monoisotopic (exact) mass is 559 g/mol. The van der Waals surface area contributed by atoms with Gasteiger partial charge in [-0.05, 0) is 44.7 Å². The van der Waals surface area contributed by atoms with Crippen LogP contribution in [0.5, 0.6) is 0 Å². The van der Waals surface area contributed by atoms with Gasteiger partial charge in [0.2, 0.25) is 17.7 Å². The Labute approximate surface area is 236 Å². The largest absolute Gasteiger partial charge is 0.459 e. The van der Waals surface area contributed by atoms with E-state index in [9.17, 15) is 14.4 Å². The molecule has 0 aromatic heterocycles. The summed E-state index contributed by atoms with van der Waals surface area (Å²) in [6.07, 6.45) is 5.38. The fourth-order valence-corrected chi connectivity index (χ4v) is 3.52. The minimum atomic E-state index is -0.0885. The molecule has 0 atom stereocenters. The van der Waals surface area contributed by atoms with Crippen LogP contribution in [-0.2, 0) is 24.0 Å². The van der Waals surface area contributed by atoms with Crippen LogP contribution in [0.15, 0.2) is 0 Å². The molecule has 9 N–H and O–H groups in total. The van der Waals surface area contributed by atoms with Crippen LogP contribution in [0.2, 0.25) is 0 Å². The molecule has 0 spiro atoms. The van der Waals surface area contributed by atoms with Gasteiger partial charge in [0.05, 0.1) is 20.4 Å². The van der Waals surface area contributed by atoms with Crippen LogP contribution >= 0.6 is 0 Å². The summed E-state index contributed by atoms with van der Waals surface area (Å²) in [7, 11) is 2.25. The van der Waals surface area contributed by atoms with Crippen molar-refractivity contribution in [3.8, 4) is 0 Å². The quantitative estimate of drug-likeness (QED) is 0.0546. The van der Waals surface area contributed by atoms with E-state index in [4.69, 9.17) is 26.1 Å². The van der Waals surface area contributed by atoms with Crippen molar-refractivity contribution < 1.29 is 29.0 Å². The van der Waals surface area contributed by atoms with Crippen LogP contribution in [-0.4, -0.2) is 115 Å². The van der Waals surface area contributed by atoms with E-state index in [0.29, 0.717) is 32.5 Å². The molecule has 0 unspecified atom stereocenters. The number of rotatable bonds is 18. The first kappa shape index (κ1) is 43.5. The van der Waals surface area contributed by atoms with Crippen LogP contribution in [0.3, 0.4) is 0 Å². The van der Waals surface area contributed by atoms with E-state index in [1.165, 1.54) is 0 Å². The molecule has 1 aliphatic heterocycles. The molecule has 13 nitrogen and oxygen atoms in total. The molecule has 3 amide bonds. The lowest BCUT2D eigenvalue weighted by Gasteiger charge is -2.18. The molecule has 1 heterocycles. The molecule has 14 heteroatoms. The maximum absolute atomic E-state index is 12.2. The van der Waals surface area contributed by atoms with Crippen molar-refractivity contribution in [3.63, 3.8) is 0 Å². The minimum Gasteiger partial charge on any atom is -0.459 e. The molecule has 0 aromatic rings. The lowest BCUT2D eigenvalue weighted by molar-refractivity contribution is -0.132. The van der Waals surface area contributed by atoms with Gasteiger partial charge in [-0.1, -0.05) is 6.42 Å². The predicted octanol–water partition coefficient (Wildman–Crippen LogP) is -2.23. The van der Waals surface area contributed by atoms with E-state index < -0.39 is 0 Å². The highest BCUT2D eigenvalue weighted by molar-refractivity contribution is 5.95. The van der Waals surface area contributed by atoms with Crippen LogP contribution in [0.1, 0.15) is 51.9 Å². The van der Waals surface area contributed by atoms with Crippen molar-refractivity contribution in [1.82, 2.24) is 26.2 Å². The van der Waals surface area contributed by atoms with Gasteiger partial charge in [-0.15, -0.1) is 0 Å². The highest BCUT2D eigenvalue weighted by Gasteiger charge is 2.18. The zero-order valence-corrected chi connectivity index (χ0v) is 24.0. The number of carbonyl (C=O) groups excluding carboxylic acids is 5. The molecule has 1 rings (SSSR count). The Kier molecular flexibility index (Phi) is 42.0. The number of hydrogen-bond donors (Lipinski definition) is 7. The molecule has 0 aliphatic carbocycles. The van der Waals surface area contributed by atoms with Gasteiger partial charge in [0, 0.05) is 58.7 Å². The number of likely N-dealkylation sites (tertiary alicyclic amines) is 1. The number of amides is 3. The molecule has 1 fully saturated rings. The molecule has 1 aliphatic rings. The average molecular weight is 560 g/mol. The van der Waals surface area contributed by atoms with Crippen LogP contribution < -0.4 is 32.7 Å². The third-order valence-corrected chi connectivity index (χ3v) is 5.28. The minimum absolute atomic E-state index is 0.00308. The molecule has 0 saturated carbocycles. The maximum Gasteiger partial charge on any atom is 0.266 e. The van der Waals surface area contributed by atoms with Crippen molar-refractivity contribution in [2.75, 3.05) is 65.4 Å². The second-order valence-corrected chi connectivity index (χ2v) is 8.08. The van der Waals surface area contributed by atoms with Gasteiger partial charge in [-0.3, -0.25) is 14.4 Å². The Morgan fingerprint density at radius 2 is 1.36 bits per heavy atom. The summed E-state index contributed by atoms with van der Waals surface area (Å²) in [5, 5.41) is 18.9. The lowest BCUT2D eigenvalue weighted by atomic mass is 10.0. The van der Waals surface area contributed by atoms with E-state index in [2.05, 4.69) is 36.2 Å². The topological polar surface area (TPSA) is 209 Å². The van der Waals surface area contributed by atoms with Crippen molar-refractivity contribution in [2.45, 2.75) is 51.9 Å². The van der Waals surface area contributed by atoms with Crippen molar-refractivity contribution >= 4 is 39.3 Å².